The van der Waals surface area contributed by atoms with Gasteiger partial charge in [0, 0.05) is 12.0 Å². The van der Waals surface area contributed by atoms with Gasteiger partial charge in [-0.15, -0.1) is 0 Å². The van der Waals surface area contributed by atoms with Gasteiger partial charge in [0.25, 0.3) is 5.91 Å². The van der Waals surface area contributed by atoms with E-state index in [2.05, 4.69) is 5.32 Å². The molecule has 0 radical (unpaired) electrons. The molecule has 1 heterocycles. The van der Waals surface area contributed by atoms with Gasteiger partial charge in [-0.3, -0.25) is 4.79 Å². The second-order valence-corrected chi connectivity index (χ2v) is 5.64. The number of fused-ring (bicyclic) bond motifs is 1. The molecule has 1 aromatic carbocycles. The summed E-state index contributed by atoms with van der Waals surface area (Å²) < 4.78 is 11.1. The summed E-state index contributed by atoms with van der Waals surface area (Å²) in [6.07, 6.45) is 4.05. The van der Waals surface area contributed by atoms with Crippen LogP contribution in [0.4, 0.5) is 0 Å². The van der Waals surface area contributed by atoms with Crippen LogP contribution in [0.5, 0.6) is 11.5 Å². The van der Waals surface area contributed by atoms with Gasteiger partial charge < -0.3 is 19.9 Å². The van der Waals surface area contributed by atoms with Gasteiger partial charge in [0.1, 0.15) is 0 Å². The maximum atomic E-state index is 12.3. The van der Waals surface area contributed by atoms with Gasteiger partial charge >= 0.3 is 0 Å². The van der Waals surface area contributed by atoms with Crippen LogP contribution in [-0.4, -0.2) is 36.4 Å². The van der Waals surface area contributed by atoms with Crippen molar-refractivity contribution in [1.29, 1.82) is 0 Å². The summed E-state index contributed by atoms with van der Waals surface area (Å²) in [6, 6.07) is 5.07. The highest BCUT2D eigenvalue weighted by atomic mass is 16.5. The highest BCUT2D eigenvalue weighted by molar-refractivity contribution is 5.95. The van der Waals surface area contributed by atoms with Gasteiger partial charge in [-0.05, 0) is 31.0 Å². The number of hydrogen-bond donors (Lipinski definition) is 2. The van der Waals surface area contributed by atoms with Gasteiger partial charge in [-0.2, -0.15) is 0 Å². The van der Waals surface area contributed by atoms with Crippen LogP contribution in [-0.2, 0) is 0 Å². The molecule has 2 N–H and O–H groups in total. The molecule has 2 atom stereocenters. The molecule has 0 bridgehead atoms. The molecule has 1 saturated carbocycles. The van der Waals surface area contributed by atoms with Crippen LogP contribution in [0.2, 0.25) is 0 Å². The first-order chi connectivity index (χ1) is 10.2. The van der Waals surface area contributed by atoms with Crippen molar-refractivity contribution in [3.05, 3.63) is 23.8 Å². The quantitative estimate of drug-likeness (QED) is 0.873. The van der Waals surface area contributed by atoms with E-state index in [-0.39, 0.29) is 11.9 Å². The van der Waals surface area contributed by atoms with Crippen LogP contribution in [0.25, 0.3) is 0 Å². The summed E-state index contributed by atoms with van der Waals surface area (Å²) in [5, 5.41) is 12.9. The Balaban J connectivity index is 1.71. The molecule has 114 valence electrons. The summed E-state index contributed by atoms with van der Waals surface area (Å²) in [6.45, 7) is 1.23. The lowest BCUT2D eigenvalue weighted by molar-refractivity contribution is 0.0717. The molecule has 5 heteroatoms. The molecule has 0 saturated heterocycles. The number of hydrogen-bond acceptors (Lipinski definition) is 4. The molecule has 1 fully saturated rings. The summed E-state index contributed by atoms with van der Waals surface area (Å²) in [5.74, 6) is 1.13. The van der Waals surface area contributed by atoms with Crippen molar-refractivity contribution in [2.75, 3.05) is 13.2 Å². The highest BCUT2D eigenvalue weighted by Crippen LogP contribution is 2.30. The fourth-order valence-electron chi connectivity index (χ4n) is 2.84. The van der Waals surface area contributed by atoms with E-state index in [9.17, 15) is 9.90 Å². The van der Waals surface area contributed by atoms with E-state index in [1.807, 2.05) is 0 Å². The molecule has 1 aromatic rings. The summed E-state index contributed by atoms with van der Waals surface area (Å²) in [7, 11) is 0. The number of aliphatic hydroxyl groups excluding tert-OH is 1. The zero-order valence-corrected chi connectivity index (χ0v) is 12.0. The van der Waals surface area contributed by atoms with Crippen molar-refractivity contribution < 1.29 is 19.4 Å². The number of ether oxygens (including phenoxy) is 2. The van der Waals surface area contributed by atoms with Crippen molar-refractivity contribution in [2.45, 2.75) is 44.2 Å². The Morgan fingerprint density at radius 3 is 2.67 bits per heavy atom. The number of carbonyl (C=O) groups excluding carboxylic acids is 1. The Morgan fingerprint density at radius 1 is 1.10 bits per heavy atom. The third-order valence-corrected chi connectivity index (χ3v) is 4.06. The molecule has 0 aromatic heterocycles. The van der Waals surface area contributed by atoms with E-state index in [1.54, 1.807) is 18.2 Å². The zero-order valence-electron chi connectivity index (χ0n) is 12.0. The molecule has 0 spiro atoms. The van der Waals surface area contributed by atoms with Crippen LogP contribution < -0.4 is 14.8 Å². The van der Waals surface area contributed by atoms with Crippen molar-refractivity contribution in [1.82, 2.24) is 5.32 Å². The monoisotopic (exact) mass is 291 g/mol. The molecule has 2 unspecified atom stereocenters. The topological polar surface area (TPSA) is 67.8 Å². The van der Waals surface area contributed by atoms with Crippen LogP contribution in [0.15, 0.2) is 18.2 Å². The number of carbonyl (C=O) groups is 1. The van der Waals surface area contributed by atoms with Gasteiger partial charge in [0.2, 0.25) is 0 Å². The van der Waals surface area contributed by atoms with Crippen molar-refractivity contribution in [3.8, 4) is 11.5 Å². The lowest BCUT2D eigenvalue weighted by Crippen LogP contribution is -2.45. The summed E-state index contributed by atoms with van der Waals surface area (Å²) in [5.41, 5.74) is 0.539. The summed E-state index contributed by atoms with van der Waals surface area (Å²) >= 11 is 0. The first kappa shape index (κ1) is 14.2. The van der Waals surface area contributed by atoms with Crippen molar-refractivity contribution in [2.24, 2.45) is 0 Å². The van der Waals surface area contributed by atoms with E-state index in [4.69, 9.17) is 9.47 Å². The lowest BCUT2D eigenvalue weighted by atomic mass is 9.92. The normalized spacial score (nSPS) is 25.0. The maximum Gasteiger partial charge on any atom is 0.251 e. The Bertz CT molecular complexity index is 517. The molecule has 1 amide bonds. The average molecular weight is 291 g/mol. The first-order valence-corrected chi connectivity index (χ1v) is 7.62. The van der Waals surface area contributed by atoms with Crippen LogP contribution in [0.1, 0.15) is 42.5 Å². The second kappa shape index (κ2) is 6.35. The number of rotatable bonds is 2. The molecule has 1 aliphatic carbocycles. The molecule has 1 aliphatic heterocycles. The fraction of sp³-hybridized carbons (Fsp3) is 0.562. The van der Waals surface area contributed by atoms with Gasteiger partial charge in [-0.1, -0.05) is 12.8 Å². The molecule has 21 heavy (non-hydrogen) atoms. The van der Waals surface area contributed by atoms with Crippen molar-refractivity contribution >= 4 is 5.91 Å². The zero-order chi connectivity index (χ0) is 14.7. The standard InChI is InChI=1S/C16H21NO4/c18-13-5-2-1-4-12(13)17-16(19)11-6-7-14-15(10-11)21-9-3-8-20-14/h6-7,10,12-13,18H,1-5,8-9H2,(H,17,19). The molecule has 2 aliphatic rings. The molecule has 3 rings (SSSR count). The van der Waals surface area contributed by atoms with Crippen LogP contribution in [0, 0.1) is 0 Å². The third kappa shape index (κ3) is 3.29. The molecular formula is C16H21NO4. The van der Waals surface area contributed by atoms with Crippen LogP contribution in [0.3, 0.4) is 0 Å². The predicted molar refractivity (Wildman–Crippen MR) is 77.8 cm³/mol. The van der Waals surface area contributed by atoms with E-state index in [0.717, 1.165) is 32.1 Å². The van der Waals surface area contributed by atoms with E-state index in [0.29, 0.717) is 30.3 Å². The van der Waals surface area contributed by atoms with Gasteiger partial charge in [0.15, 0.2) is 11.5 Å². The molecular weight excluding hydrogens is 270 g/mol. The largest absolute Gasteiger partial charge is 0.490 e. The number of aliphatic hydroxyl groups is 1. The summed E-state index contributed by atoms with van der Waals surface area (Å²) in [4.78, 5) is 12.3. The van der Waals surface area contributed by atoms with E-state index >= 15 is 0 Å². The molecule has 5 nitrogen and oxygen atoms in total. The van der Waals surface area contributed by atoms with E-state index in [1.165, 1.54) is 0 Å². The fourth-order valence-corrected chi connectivity index (χ4v) is 2.84. The predicted octanol–water partition coefficient (Wildman–Crippen LogP) is 1.88. The first-order valence-electron chi connectivity index (χ1n) is 7.62. The third-order valence-electron chi connectivity index (χ3n) is 4.06. The Hall–Kier alpha value is -1.75. The second-order valence-electron chi connectivity index (χ2n) is 5.64. The minimum Gasteiger partial charge on any atom is -0.490 e. The Kier molecular flexibility index (Phi) is 4.29. The van der Waals surface area contributed by atoms with Gasteiger partial charge in [-0.25, -0.2) is 0 Å². The van der Waals surface area contributed by atoms with Crippen molar-refractivity contribution in [3.63, 3.8) is 0 Å². The number of amides is 1. The minimum atomic E-state index is -0.442. The minimum absolute atomic E-state index is 0.151. The Morgan fingerprint density at radius 2 is 1.86 bits per heavy atom. The van der Waals surface area contributed by atoms with E-state index < -0.39 is 6.10 Å². The highest BCUT2D eigenvalue weighted by Gasteiger charge is 2.25. The lowest BCUT2D eigenvalue weighted by Gasteiger charge is -2.28. The van der Waals surface area contributed by atoms with Crippen LogP contribution >= 0.6 is 0 Å². The Labute approximate surface area is 124 Å². The SMILES string of the molecule is O=C(NC1CCCCC1O)c1ccc2c(c1)OCCCO2. The number of nitrogens with one attached hydrogen (secondary N) is 1. The maximum absolute atomic E-state index is 12.3. The average Bonchev–Trinajstić information content (AvgIpc) is 2.74. The number of benzene rings is 1. The van der Waals surface area contributed by atoms with Gasteiger partial charge in [0.05, 0.1) is 25.4 Å². The smallest absolute Gasteiger partial charge is 0.251 e.